The smallest absolute Gasteiger partial charge is 0.259 e. The first-order valence-corrected chi connectivity index (χ1v) is 9.94. The summed E-state index contributed by atoms with van der Waals surface area (Å²) in [6.07, 6.45) is -0.00562. The zero-order chi connectivity index (χ0) is 17.3. The normalized spacial score (nSPS) is 14.6. The molecule has 130 valence electrons. The Hall–Kier alpha value is 0.350. The molecular weight excluding hydrogens is 341 g/mol. The summed E-state index contributed by atoms with van der Waals surface area (Å²) in [5.74, 6) is 0.599. The van der Waals surface area contributed by atoms with Gasteiger partial charge >= 0.3 is 0 Å². The number of rotatable bonds is 11. The van der Waals surface area contributed by atoms with Gasteiger partial charge in [-0.15, -0.1) is 12.6 Å². The van der Waals surface area contributed by atoms with Crippen LogP contribution in [0.2, 0.25) is 0 Å². The summed E-state index contributed by atoms with van der Waals surface area (Å²) in [4.78, 5) is 22.1. The summed E-state index contributed by atoms with van der Waals surface area (Å²) < 4.78 is 14.0. The van der Waals surface area contributed by atoms with Crippen LogP contribution in [0.4, 0.5) is 0 Å². The van der Waals surface area contributed by atoms with Crippen molar-refractivity contribution >= 4 is 43.1 Å². The molecule has 0 heterocycles. The molecule has 2 unspecified atom stereocenters. The average Bonchev–Trinajstić information content (AvgIpc) is 2.31. The third-order valence-electron chi connectivity index (χ3n) is 2.57. The van der Waals surface area contributed by atoms with Crippen LogP contribution in [-0.4, -0.2) is 45.4 Å². The van der Waals surface area contributed by atoms with Gasteiger partial charge in [-0.1, -0.05) is 11.8 Å². The topological polar surface area (TPSA) is 55.8 Å². The molecule has 0 aromatic rings. The Morgan fingerprint density at radius 2 is 1.73 bits per heavy atom. The van der Waals surface area contributed by atoms with Crippen LogP contribution in [0.25, 0.3) is 0 Å². The van der Waals surface area contributed by atoms with Gasteiger partial charge in [0.25, 0.3) is 8.53 Å². The number of carbonyl (C=O) groups is 2. The van der Waals surface area contributed by atoms with E-state index in [1.54, 1.807) is 6.92 Å². The Morgan fingerprint density at radius 3 is 2.14 bits per heavy atom. The molecule has 0 saturated carbocycles. The highest BCUT2D eigenvalue weighted by Crippen LogP contribution is 2.47. The first-order chi connectivity index (χ1) is 10.1. The molecule has 2 atom stereocenters. The van der Waals surface area contributed by atoms with Crippen LogP contribution in [0, 0.1) is 0 Å². The molecule has 0 fully saturated rings. The Labute approximate surface area is 145 Å². The second kappa shape index (κ2) is 11.8. The van der Waals surface area contributed by atoms with Crippen molar-refractivity contribution in [3.05, 3.63) is 0 Å². The van der Waals surface area contributed by atoms with E-state index >= 15 is 0 Å². The Balaban J connectivity index is 4.73. The Morgan fingerprint density at radius 1 is 1.18 bits per heavy atom. The lowest BCUT2D eigenvalue weighted by atomic mass is 10.3. The number of thioether (sulfide) groups is 1. The van der Waals surface area contributed by atoms with Crippen LogP contribution < -0.4 is 0 Å². The fourth-order valence-corrected chi connectivity index (χ4v) is 4.38. The first kappa shape index (κ1) is 22.4. The molecule has 0 radical (unpaired) electrons. The SMILES string of the molecule is CC(=O)SCCOP(OC(C)CC(=O)S)N(C(C)C)C(C)C. The van der Waals surface area contributed by atoms with Crippen molar-refractivity contribution in [2.24, 2.45) is 0 Å². The van der Waals surface area contributed by atoms with Crippen molar-refractivity contribution in [3.63, 3.8) is 0 Å². The van der Waals surface area contributed by atoms with Gasteiger partial charge in [0.05, 0.1) is 12.7 Å². The molecule has 0 rings (SSSR count). The van der Waals surface area contributed by atoms with Gasteiger partial charge < -0.3 is 9.05 Å². The van der Waals surface area contributed by atoms with E-state index < -0.39 is 8.53 Å². The van der Waals surface area contributed by atoms with Crippen molar-refractivity contribution in [3.8, 4) is 0 Å². The number of nitrogens with zero attached hydrogens (tertiary/aromatic N) is 1. The van der Waals surface area contributed by atoms with Gasteiger partial charge in [0.15, 0.2) is 10.2 Å². The van der Waals surface area contributed by atoms with Crippen molar-refractivity contribution in [1.29, 1.82) is 0 Å². The molecule has 0 aliphatic heterocycles. The average molecular weight is 369 g/mol. The molecule has 0 N–H and O–H groups in total. The molecule has 0 spiro atoms. The predicted molar refractivity (Wildman–Crippen MR) is 97.3 cm³/mol. The molecule has 8 heteroatoms. The lowest BCUT2D eigenvalue weighted by Crippen LogP contribution is -2.34. The minimum atomic E-state index is -1.28. The maximum Gasteiger partial charge on any atom is 0.259 e. The van der Waals surface area contributed by atoms with Crippen LogP contribution in [0.3, 0.4) is 0 Å². The van der Waals surface area contributed by atoms with Gasteiger partial charge in [0.2, 0.25) is 0 Å². The van der Waals surface area contributed by atoms with Crippen LogP contribution in [0.1, 0.15) is 48.0 Å². The summed E-state index contributed by atoms with van der Waals surface area (Å²) >= 11 is 5.03. The van der Waals surface area contributed by atoms with Crippen LogP contribution >= 0.6 is 32.9 Å². The van der Waals surface area contributed by atoms with Crippen molar-refractivity contribution < 1.29 is 18.6 Å². The molecule has 0 saturated heterocycles. The van der Waals surface area contributed by atoms with E-state index in [4.69, 9.17) is 9.05 Å². The van der Waals surface area contributed by atoms with E-state index in [2.05, 4.69) is 45.0 Å². The molecule has 0 aliphatic rings. The van der Waals surface area contributed by atoms with Crippen LogP contribution in [0.5, 0.6) is 0 Å². The lowest BCUT2D eigenvalue weighted by molar-refractivity contribution is -0.112. The first-order valence-electron chi connectivity index (χ1n) is 7.38. The van der Waals surface area contributed by atoms with Gasteiger partial charge in [-0.3, -0.25) is 9.59 Å². The standard InChI is InChI=1S/C14H28NO4PS2/c1-10(2)15(11(3)4)20(18-7-8-22-13(6)16)19-12(5)9-14(17)21/h10-12H,7-9H2,1-6H3,(H,17,21). The van der Waals surface area contributed by atoms with Gasteiger partial charge in [0.1, 0.15) is 0 Å². The van der Waals surface area contributed by atoms with Gasteiger partial charge in [-0.2, -0.15) is 0 Å². The quantitative estimate of drug-likeness (QED) is 0.339. The van der Waals surface area contributed by atoms with E-state index in [-0.39, 0.29) is 34.8 Å². The summed E-state index contributed by atoms with van der Waals surface area (Å²) in [7, 11) is -1.28. The monoisotopic (exact) mass is 369 g/mol. The highest BCUT2D eigenvalue weighted by molar-refractivity contribution is 8.13. The highest BCUT2D eigenvalue weighted by atomic mass is 32.2. The molecule has 0 aromatic heterocycles. The van der Waals surface area contributed by atoms with E-state index in [0.717, 1.165) is 0 Å². The molecule has 5 nitrogen and oxygen atoms in total. The van der Waals surface area contributed by atoms with Crippen LogP contribution in [0.15, 0.2) is 0 Å². The van der Waals surface area contributed by atoms with Crippen molar-refractivity contribution in [2.75, 3.05) is 12.4 Å². The second-order valence-corrected chi connectivity index (χ2v) is 8.67. The van der Waals surface area contributed by atoms with Gasteiger partial charge in [0, 0.05) is 31.2 Å². The van der Waals surface area contributed by atoms with Crippen molar-refractivity contribution in [2.45, 2.75) is 66.2 Å². The second-order valence-electron chi connectivity index (χ2n) is 5.49. The molecule has 22 heavy (non-hydrogen) atoms. The maximum absolute atomic E-state index is 11.1. The highest BCUT2D eigenvalue weighted by Gasteiger charge is 2.29. The fraction of sp³-hybridized carbons (Fsp3) is 0.857. The number of hydrogen-bond donors (Lipinski definition) is 1. The lowest BCUT2D eigenvalue weighted by Gasteiger charge is -2.36. The van der Waals surface area contributed by atoms with Gasteiger partial charge in [-0.05, 0) is 34.6 Å². The minimum Gasteiger partial charge on any atom is -0.321 e. The summed E-state index contributed by atoms with van der Waals surface area (Å²) in [5, 5.41) is -0.123. The van der Waals surface area contributed by atoms with E-state index in [0.29, 0.717) is 12.4 Å². The summed E-state index contributed by atoms with van der Waals surface area (Å²) in [6, 6.07) is 0.510. The van der Waals surface area contributed by atoms with E-state index in [1.165, 1.54) is 11.8 Å². The Bertz CT molecular complexity index is 348. The molecule has 0 bridgehead atoms. The van der Waals surface area contributed by atoms with Crippen LogP contribution in [-0.2, 0) is 18.6 Å². The summed E-state index contributed by atoms with van der Waals surface area (Å²) in [5.41, 5.74) is 0. The molecule has 0 aromatic carbocycles. The summed E-state index contributed by atoms with van der Waals surface area (Å²) in [6.45, 7) is 12.2. The maximum atomic E-state index is 11.1. The third kappa shape index (κ3) is 10.2. The Kier molecular flexibility index (Phi) is 12.0. The number of thiol groups is 1. The van der Waals surface area contributed by atoms with Crippen molar-refractivity contribution in [1.82, 2.24) is 4.67 Å². The fourth-order valence-electron chi connectivity index (χ4n) is 1.86. The van der Waals surface area contributed by atoms with E-state index in [9.17, 15) is 9.59 Å². The molecule has 0 aliphatic carbocycles. The largest absolute Gasteiger partial charge is 0.321 e. The minimum absolute atomic E-state index is 0.0764. The predicted octanol–water partition coefficient (Wildman–Crippen LogP) is 3.88. The van der Waals surface area contributed by atoms with E-state index in [1.807, 2.05) is 6.92 Å². The zero-order valence-electron chi connectivity index (χ0n) is 14.2. The molecular formula is C14H28NO4PS2. The zero-order valence-corrected chi connectivity index (χ0v) is 16.8. The third-order valence-corrected chi connectivity index (χ3v) is 5.77. The van der Waals surface area contributed by atoms with Gasteiger partial charge in [-0.25, -0.2) is 4.67 Å². The number of carbonyl (C=O) groups excluding carboxylic acids is 2. The number of hydrogen-bond acceptors (Lipinski definition) is 6. The molecule has 0 amide bonds.